The molecule has 1 aromatic carbocycles. The van der Waals surface area contributed by atoms with Gasteiger partial charge in [0.25, 0.3) is 0 Å². The Hall–Kier alpha value is -1.96. The minimum atomic E-state index is 0.800. The number of aromatic nitrogens is 1. The smallest absolute Gasteiger partial charge is 0.0485 e. The molecule has 0 spiro atoms. The average Bonchev–Trinajstić information content (AvgIpc) is 2.72. The van der Waals surface area contributed by atoms with Gasteiger partial charge in [-0.2, -0.15) is 0 Å². The number of benzene rings is 1. The first-order valence-corrected chi connectivity index (χ1v) is 5.43. The number of H-pyrrole nitrogens is 1. The van der Waals surface area contributed by atoms with Crippen LogP contribution in [-0.2, 0) is 0 Å². The first-order valence-electron chi connectivity index (χ1n) is 5.43. The van der Waals surface area contributed by atoms with Gasteiger partial charge in [-0.05, 0) is 31.2 Å². The van der Waals surface area contributed by atoms with Crippen molar-refractivity contribution in [3.8, 4) is 11.3 Å². The Bertz CT molecular complexity index is 574. The fourth-order valence-corrected chi connectivity index (χ4v) is 1.85. The predicted molar refractivity (Wildman–Crippen MR) is 70.2 cm³/mol. The summed E-state index contributed by atoms with van der Waals surface area (Å²) in [5, 5.41) is 2.35. The summed E-state index contributed by atoms with van der Waals surface area (Å²) in [5.41, 5.74) is 8.88. The van der Waals surface area contributed by atoms with E-state index >= 15 is 0 Å². The molecule has 0 radical (unpaired) electrons. The first kappa shape index (κ1) is 10.6. The number of anilines is 1. The molecule has 0 aliphatic carbocycles. The van der Waals surface area contributed by atoms with Crippen LogP contribution in [0.25, 0.3) is 23.4 Å². The Kier molecular flexibility index (Phi) is 2.82. The number of nitrogens with two attached hydrogens (primary N) is 1. The largest absolute Gasteiger partial charge is 0.398 e. The van der Waals surface area contributed by atoms with E-state index < -0.39 is 0 Å². The number of aromatic amines is 1. The summed E-state index contributed by atoms with van der Waals surface area (Å²) in [6.07, 6.45) is 4.16. The van der Waals surface area contributed by atoms with E-state index in [0.717, 1.165) is 22.3 Å². The van der Waals surface area contributed by atoms with Crippen molar-refractivity contribution in [2.45, 2.75) is 13.8 Å². The highest BCUT2D eigenvalue weighted by molar-refractivity contribution is 5.73. The Labute approximate surface area is 95.1 Å². The summed E-state index contributed by atoms with van der Waals surface area (Å²) in [7, 11) is 0. The second kappa shape index (κ2) is 4.27. The normalized spacial score (nSPS) is 13.4. The van der Waals surface area contributed by atoms with Crippen LogP contribution in [0.2, 0.25) is 0 Å². The maximum absolute atomic E-state index is 5.95. The minimum Gasteiger partial charge on any atom is -0.398 e. The second-order valence-corrected chi connectivity index (χ2v) is 3.72. The van der Waals surface area contributed by atoms with Crippen LogP contribution >= 0.6 is 0 Å². The van der Waals surface area contributed by atoms with Crippen molar-refractivity contribution in [3.05, 3.63) is 40.9 Å². The van der Waals surface area contributed by atoms with Crippen LogP contribution in [0.15, 0.2) is 30.3 Å². The molecule has 0 aliphatic heterocycles. The van der Waals surface area contributed by atoms with Gasteiger partial charge in [0.15, 0.2) is 0 Å². The van der Waals surface area contributed by atoms with Crippen molar-refractivity contribution >= 4 is 17.8 Å². The molecular formula is C14H16N2. The lowest BCUT2D eigenvalue weighted by Gasteiger charge is -2.01. The molecule has 3 N–H and O–H groups in total. The van der Waals surface area contributed by atoms with E-state index in [0.29, 0.717) is 0 Å². The molecular weight excluding hydrogens is 196 g/mol. The van der Waals surface area contributed by atoms with Gasteiger partial charge < -0.3 is 10.7 Å². The van der Waals surface area contributed by atoms with Gasteiger partial charge >= 0.3 is 0 Å². The number of hydrogen-bond acceptors (Lipinski definition) is 1. The van der Waals surface area contributed by atoms with Gasteiger partial charge in [0.2, 0.25) is 0 Å². The lowest BCUT2D eigenvalue weighted by Crippen LogP contribution is -2.20. The monoisotopic (exact) mass is 212 g/mol. The van der Waals surface area contributed by atoms with Gasteiger partial charge in [-0.1, -0.05) is 30.4 Å². The van der Waals surface area contributed by atoms with Crippen LogP contribution in [-0.4, -0.2) is 4.98 Å². The summed E-state index contributed by atoms with van der Waals surface area (Å²) in [5.74, 6) is 0. The van der Waals surface area contributed by atoms with Crippen LogP contribution in [0.4, 0.5) is 5.69 Å². The Morgan fingerprint density at radius 1 is 1.12 bits per heavy atom. The Morgan fingerprint density at radius 3 is 2.44 bits per heavy atom. The third-order valence-corrected chi connectivity index (χ3v) is 2.73. The molecule has 0 bridgehead atoms. The molecule has 0 aliphatic rings. The van der Waals surface area contributed by atoms with Crippen molar-refractivity contribution in [2.24, 2.45) is 0 Å². The van der Waals surface area contributed by atoms with Gasteiger partial charge in [0.1, 0.15) is 0 Å². The van der Waals surface area contributed by atoms with Gasteiger partial charge in [-0.15, -0.1) is 0 Å². The number of nitrogen functional groups attached to an aromatic ring is 1. The molecule has 0 amide bonds. The predicted octanol–water partition coefficient (Wildman–Crippen LogP) is 1.86. The van der Waals surface area contributed by atoms with E-state index in [1.165, 1.54) is 5.22 Å². The lowest BCUT2D eigenvalue weighted by molar-refractivity contribution is 1.31. The molecule has 2 rings (SSSR count). The van der Waals surface area contributed by atoms with E-state index in [4.69, 9.17) is 5.73 Å². The third-order valence-electron chi connectivity index (χ3n) is 2.73. The minimum absolute atomic E-state index is 0.800. The van der Waals surface area contributed by atoms with E-state index in [9.17, 15) is 0 Å². The molecule has 1 heterocycles. The maximum Gasteiger partial charge on any atom is 0.0485 e. The zero-order chi connectivity index (χ0) is 11.5. The summed E-state index contributed by atoms with van der Waals surface area (Å²) in [6.45, 7) is 4.06. The lowest BCUT2D eigenvalue weighted by atomic mass is 10.1. The number of para-hydroxylation sites is 1. The zero-order valence-electron chi connectivity index (χ0n) is 9.62. The molecule has 16 heavy (non-hydrogen) atoms. The summed E-state index contributed by atoms with van der Waals surface area (Å²) >= 11 is 0. The van der Waals surface area contributed by atoms with Crippen LogP contribution in [0.3, 0.4) is 0 Å². The van der Waals surface area contributed by atoms with Crippen molar-refractivity contribution < 1.29 is 0 Å². The highest BCUT2D eigenvalue weighted by Gasteiger charge is 2.02. The highest BCUT2D eigenvalue weighted by Crippen LogP contribution is 2.21. The molecule has 82 valence electrons. The zero-order valence-corrected chi connectivity index (χ0v) is 9.62. The average molecular weight is 212 g/mol. The molecule has 2 heteroatoms. The standard InChI is InChI=1S/C14H16N2/c1-3-10-9-14(16-13(10)4-2)11-7-5-6-8-12(11)15/h3-9,16H,15H2,1-2H3/b10-3-,13-4+. The van der Waals surface area contributed by atoms with Crippen LogP contribution in [0.1, 0.15) is 13.8 Å². The molecule has 1 aromatic heterocycles. The van der Waals surface area contributed by atoms with E-state index in [1.807, 2.05) is 38.1 Å². The van der Waals surface area contributed by atoms with Gasteiger partial charge in [-0.3, -0.25) is 0 Å². The van der Waals surface area contributed by atoms with Crippen molar-refractivity contribution in [3.63, 3.8) is 0 Å². The van der Waals surface area contributed by atoms with E-state index in [-0.39, 0.29) is 0 Å². The number of rotatable bonds is 1. The molecule has 2 nitrogen and oxygen atoms in total. The fraction of sp³-hybridized carbons (Fsp3) is 0.143. The van der Waals surface area contributed by atoms with Crippen LogP contribution in [0, 0.1) is 0 Å². The maximum atomic E-state index is 5.95. The van der Waals surface area contributed by atoms with E-state index in [2.05, 4.69) is 23.2 Å². The van der Waals surface area contributed by atoms with Gasteiger partial charge in [0, 0.05) is 22.3 Å². The molecule has 0 saturated heterocycles. The van der Waals surface area contributed by atoms with Gasteiger partial charge in [0.05, 0.1) is 0 Å². The van der Waals surface area contributed by atoms with E-state index in [1.54, 1.807) is 0 Å². The fourth-order valence-electron chi connectivity index (χ4n) is 1.85. The Balaban J connectivity index is 2.68. The quantitative estimate of drug-likeness (QED) is 0.696. The molecule has 0 fully saturated rings. The molecule has 0 unspecified atom stereocenters. The Morgan fingerprint density at radius 2 is 1.88 bits per heavy atom. The van der Waals surface area contributed by atoms with Crippen LogP contribution in [0.5, 0.6) is 0 Å². The molecule has 0 atom stereocenters. The topological polar surface area (TPSA) is 41.8 Å². The molecule has 0 saturated carbocycles. The van der Waals surface area contributed by atoms with Gasteiger partial charge in [-0.25, -0.2) is 0 Å². The van der Waals surface area contributed by atoms with Crippen molar-refractivity contribution in [1.82, 2.24) is 4.98 Å². The number of nitrogens with one attached hydrogen (secondary N) is 1. The number of hydrogen-bond donors (Lipinski definition) is 2. The molecule has 2 aromatic rings. The summed E-state index contributed by atoms with van der Waals surface area (Å²) in [6, 6.07) is 10.0. The van der Waals surface area contributed by atoms with Crippen molar-refractivity contribution in [1.29, 1.82) is 0 Å². The highest BCUT2D eigenvalue weighted by atomic mass is 14.7. The SMILES string of the molecule is C/C=c1/cc(-c2ccccc2N)[nH]/c1=C/C. The third kappa shape index (κ3) is 1.74. The van der Waals surface area contributed by atoms with Crippen LogP contribution < -0.4 is 16.3 Å². The van der Waals surface area contributed by atoms with Crippen molar-refractivity contribution in [2.75, 3.05) is 5.73 Å². The first-order chi connectivity index (χ1) is 7.76. The summed E-state index contributed by atoms with van der Waals surface area (Å²) < 4.78 is 0. The summed E-state index contributed by atoms with van der Waals surface area (Å²) in [4.78, 5) is 3.37. The second-order valence-electron chi connectivity index (χ2n) is 3.72.